The Morgan fingerprint density at radius 1 is 1.15 bits per heavy atom. The number of fused-ring (bicyclic) bond motifs is 1. The summed E-state index contributed by atoms with van der Waals surface area (Å²) in [4.78, 5) is 40.3. The summed E-state index contributed by atoms with van der Waals surface area (Å²) in [5, 5.41) is 24.6. The van der Waals surface area contributed by atoms with E-state index in [0.717, 1.165) is 16.5 Å². The van der Waals surface area contributed by atoms with Gasteiger partial charge in [-0.25, -0.2) is 9.59 Å². The molecule has 39 heavy (non-hydrogen) atoms. The van der Waals surface area contributed by atoms with Gasteiger partial charge < -0.3 is 40.5 Å². The van der Waals surface area contributed by atoms with Crippen LogP contribution in [-0.2, 0) is 25.4 Å². The Morgan fingerprint density at radius 3 is 2.62 bits per heavy atom. The number of nitrogens with one attached hydrogen (secondary N) is 2. The molecule has 1 saturated heterocycles. The lowest BCUT2D eigenvalue weighted by Gasteiger charge is -2.23. The van der Waals surface area contributed by atoms with E-state index in [4.69, 9.17) is 19.9 Å². The van der Waals surface area contributed by atoms with Gasteiger partial charge in [-0.15, -0.1) is 0 Å². The summed E-state index contributed by atoms with van der Waals surface area (Å²) in [6.45, 7) is 4.72. The summed E-state index contributed by atoms with van der Waals surface area (Å²) in [6.07, 6.45) is -0.882. The molecule has 12 nitrogen and oxygen atoms in total. The Kier molecular flexibility index (Phi) is 8.19. The standard InChI is InChI=1S/C27H32N4O8/c1-27(2,3)39-26(36)30-19(11-16-12-29-18-9-5-4-8-17(16)18)25(35)37-14-20-21(32)22(33)24(38-20)31-10-6-7-15(13-31)23(28)34/h4-10,12-13,19-22,24,29,32-33H,11,14H2,1-3H3,(H2-,28,30,34,36)/p+1/t19-,20+,21+,22+,24+/m0/s1. The van der Waals surface area contributed by atoms with Crippen LogP contribution in [-0.4, -0.2) is 69.7 Å². The maximum absolute atomic E-state index is 13.2. The quantitative estimate of drug-likeness (QED) is 0.206. The molecule has 0 saturated carbocycles. The zero-order valence-corrected chi connectivity index (χ0v) is 21.9. The predicted molar refractivity (Wildman–Crippen MR) is 137 cm³/mol. The van der Waals surface area contributed by atoms with Gasteiger partial charge in [0.15, 0.2) is 18.5 Å². The molecular formula is C27H33N4O8+. The van der Waals surface area contributed by atoms with E-state index in [0.29, 0.717) is 0 Å². The number of nitrogens with zero attached hydrogens (tertiary/aromatic N) is 1. The second-order valence-corrected chi connectivity index (χ2v) is 10.3. The van der Waals surface area contributed by atoms with Crippen molar-refractivity contribution in [2.24, 2.45) is 5.73 Å². The van der Waals surface area contributed by atoms with Gasteiger partial charge in [0.2, 0.25) is 0 Å². The molecule has 2 aromatic heterocycles. The third-order valence-electron chi connectivity index (χ3n) is 6.20. The van der Waals surface area contributed by atoms with Crippen molar-refractivity contribution in [1.82, 2.24) is 10.3 Å². The number of aliphatic hydroxyl groups is 2. The predicted octanol–water partition coefficient (Wildman–Crippen LogP) is 0.853. The van der Waals surface area contributed by atoms with Gasteiger partial charge in [0, 0.05) is 29.6 Å². The Balaban J connectivity index is 1.46. The zero-order valence-electron chi connectivity index (χ0n) is 21.9. The number of para-hydroxylation sites is 1. The number of alkyl carbamates (subject to hydrolysis) is 1. The molecular weight excluding hydrogens is 508 g/mol. The number of aromatic amines is 1. The minimum Gasteiger partial charge on any atom is -0.461 e. The first kappa shape index (κ1) is 28.0. The number of benzene rings is 1. The zero-order chi connectivity index (χ0) is 28.3. The second kappa shape index (κ2) is 11.4. The molecule has 12 heteroatoms. The molecule has 1 fully saturated rings. The van der Waals surface area contributed by atoms with Crippen LogP contribution >= 0.6 is 0 Å². The van der Waals surface area contributed by atoms with Crippen molar-refractivity contribution in [3.63, 3.8) is 0 Å². The summed E-state index contributed by atoms with van der Waals surface area (Å²) in [5.74, 6) is -1.44. The Bertz CT molecular complexity index is 1350. The van der Waals surface area contributed by atoms with Gasteiger partial charge in [-0.3, -0.25) is 4.79 Å². The van der Waals surface area contributed by atoms with E-state index in [1.54, 1.807) is 39.2 Å². The fraction of sp³-hybridized carbons (Fsp3) is 0.407. The number of pyridine rings is 1. The molecule has 1 aliphatic rings. The smallest absolute Gasteiger partial charge is 0.408 e. The van der Waals surface area contributed by atoms with Crippen molar-refractivity contribution in [1.29, 1.82) is 0 Å². The second-order valence-electron chi connectivity index (χ2n) is 10.3. The number of aliphatic hydroxyl groups excluding tert-OH is 2. The number of primary amides is 1. The first-order chi connectivity index (χ1) is 18.4. The number of esters is 1. The van der Waals surface area contributed by atoms with Gasteiger partial charge in [-0.1, -0.05) is 18.2 Å². The SMILES string of the molecule is CC(C)(C)OC(=O)N[C@@H](Cc1c[nH]c2ccccc12)C(=O)OC[C@H]1O[C@@H]([n+]2cccc(C(N)=O)c2)[C@H](O)[C@@H]1O. The van der Waals surface area contributed by atoms with E-state index in [9.17, 15) is 24.6 Å². The molecule has 6 N–H and O–H groups in total. The lowest BCUT2D eigenvalue weighted by Crippen LogP contribution is -2.46. The van der Waals surface area contributed by atoms with Gasteiger partial charge in [0.1, 0.15) is 36.0 Å². The first-order valence-corrected chi connectivity index (χ1v) is 12.5. The average Bonchev–Trinajstić information content (AvgIpc) is 3.41. The fourth-order valence-electron chi connectivity index (χ4n) is 4.34. The average molecular weight is 542 g/mol. The summed E-state index contributed by atoms with van der Waals surface area (Å²) in [7, 11) is 0. The fourth-order valence-corrected chi connectivity index (χ4v) is 4.34. The van der Waals surface area contributed by atoms with Crippen LogP contribution < -0.4 is 15.6 Å². The number of ether oxygens (including phenoxy) is 3. The maximum atomic E-state index is 13.2. The van der Waals surface area contributed by atoms with Crippen LogP contribution in [0.1, 0.15) is 42.9 Å². The summed E-state index contributed by atoms with van der Waals surface area (Å²) in [6, 6.07) is 9.47. The van der Waals surface area contributed by atoms with E-state index < -0.39 is 60.8 Å². The van der Waals surface area contributed by atoms with E-state index in [1.807, 2.05) is 24.3 Å². The van der Waals surface area contributed by atoms with E-state index in [1.165, 1.54) is 16.8 Å². The lowest BCUT2D eigenvalue weighted by atomic mass is 10.1. The van der Waals surface area contributed by atoms with E-state index >= 15 is 0 Å². The van der Waals surface area contributed by atoms with Crippen molar-refractivity contribution >= 4 is 28.9 Å². The third-order valence-corrected chi connectivity index (χ3v) is 6.20. The largest absolute Gasteiger partial charge is 0.461 e. The molecule has 3 aromatic rings. The Morgan fingerprint density at radius 2 is 1.90 bits per heavy atom. The topological polar surface area (TPSA) is 177 Å². The number of carbonyl (C=O) groups excluding carboxylic acids is 3. The number of nitrogens with two attached hydrogens (primary N) is 1. The van der Waals surface area contributed by atoms with E-state index in [2.05, 4.69) is 10.3 Å². The molecule has 0 spiro atoms. The molecule has 0 radical (unpaired) electrons. The van der Waals surface area contributed by atoms with Crippen molar-refractivity contribution in [3.05, 3.63) is 66.1 Å². The summed E-state index contributed by atoms with van der Waals surface area (Å²) >= 11 is 0. The van der Waals surface area contributed by atoms with Crippen LogP contribution in [0.5, 0.6) is 0 Å². The van der Waals surface area contributed by atoms with Gasteiger partial charge in [0.05, 0.1) is 0 Å². The maximum Gasteiger partial charge on any atom is 0.408 e. The molecule has 2 amide bonds. The van der Waals surface area contributed by atoms with Crippen molar-refractivity contribution < 1.29 is 43.4 Å². The highest BCUT2D eigenvalue weighted by atomic mass is 16.6. The van der Waals surface area contributed by atoms with Crippen molar-refractivity contribution in [2.75, 3.05) is 6.61 Å². The highest BCUT2D eigenvalue weighted by molar-refractivity contribution is 5.92. The van der Waals surface area contributed by atoms with Crippen LogP contribution in [0.2, 0.25) is 0 Å². The molecule has 208 valence electrons. The van der Waals surface area contributed by atoms with Crippen molar-refractivity contribution in [3.8, 4) is 0 Å². The number of hydrogen-bond acceptors (Lipinski definition) is 8. The number of amides is 2. The number of rotatable bonds is 8. The van der Waals surface area contributed by atoms with E-state index in [-0.39, 0.29) is 12.0 Å². The number of aromatic nitrogens is 2. The normalized spacial score (nSPS) is 21.9. The van der Waals surface area contributed by atoms with Gasteiger partial charge in [-0.05, 0) is 38.5 Å². The lowest BCUT2D eigenvalue weighted by molar-refractivity contribution is -0.765. The third kappa shape index (κ3) is 6.72. The number of H-pyrrole nitrogens is 1. The van der Waals surface area contributed by atoms with Crippen LogP contribution in [0.3, 0.4) is 0 Å². The molecule has 4 rings (SSSR count). The molecule has 1 aliphatic heterocycles. The Hall–Kier alpha value is -4.00. The highest BCUT2D eigenvalue weighted by Crippen LogP contribution is 2.26. The van der Waals surface area contributed by atoms with Gasteiger partial charge >= 0.3 is 12.1 Å². The molecule has 0 unspecified atom stereocenters. The van der Waals surface area contributed by atoms with Crippen LogP contribution in [0.25, 0.3) is 10.9 Å². The monoisotopic (exact) mass is 541 g/mol. The minimum absolute atomic E-state index is 0.108. The van der Waals surface area contributed by atoms with Crippen LogP contribution in [0.4, 0.5) is 4.79 Å². The van der Waals surface area contributed by atoms with Gasteiger partial charge in [-0.2, -0.15) is 4.57 Å². The summed E-state index contributed by atoms with van der Waals surface area (Å²) < 4.78 is 17.9. The highest BCUT2D eigenvalue weighted by Gasteiger charge is 2.49. The van der Waals surface area contributed by atoms with Crippen LogP contribution in [0, 0.1) is 0 Å². The first-order valence-electron chi connectivity index (χ1n) is 12.5. The van der Waals surface area contributed by atoms with Crippen molar-refractivity contribution in [2.45, 2.75) is 63.4 Å². The molecule has 1 aromatic carbocycles. The van der Waals surface area contributed by atoms with Gasteiger partial charge in [0.25, 0.3) is 12.1 Å². The number of carbonyl (C=O) groups is 3. The number of hydrogen-bond donors (Lipinski definition) is 5. The molecule has 5 atom stereocenters. The Labute approximate surface area is 224 Å². The minimum atomic E-state index is -1.39. The van der Waals surface area contributed by atoms with Crippen LogP contribution in [0.15, 0.2) is 55.0 Å². The molecule has 0 aliphatic carbocycles. The summed E-state index contributed by atoms with van der Waals surface area (Å²) in [5.41, 5.74) is 6.38. The molecule has 0 bridgehead atoms. The molecule has 3 heterocycles.